The molecule has 1 aliphatic heterocycles. The molecule has 4 aromatic rings. The third kappa shape index (κ3) is 4.17. The number of H-pyrrole nitrogens is 1. The van der Waals surface area contributed by atoms with E-state index >= 15 is 0 Å². The van der Waals surface area contributed by atoms with Crippen molar-refractivity contribution in [2.75, 3.05) is 25.4 Å². The van der Waals surface area contributed by atoms with Gasteiger partial charge in [0.1, 0.15) is 11.4 Å². The lowest BCUT2D eigenvalue weighted by molar-refractivity contribution is 0.217. The normalized spacial score (nSPS) is 15.0. The number of benzene rings is 2. The summed E-state index contributed by atoms with van der Waals surface area (Å²) in [5.74, 6) is 2.61. The molecule has 31 heavy (non-hydrogen) atoms. The first-order valence-electron chi connectivity index (χ1n) is 11.2. The largest absolute Gasteiger partial charge is 0.491 e. The molecule has 0 bridgehead atoms. The van der Waals surface area contributed by atoms with Gasteiger partial charge in [-0.3, -0.25) is 0 Å². The minimum atomic E-state index is 0.614. The number of aromatic amines is 1. The van der Waals surface area contributed by atoms with Crippen LogP contribution in [0.2, 0.25) is 0 Å². The maximum atomic E-state index is 6.38. The molecule has 0 aliphatic carbocycles. The van der Waals surface area contributed by atoms with Gasteiger partial charge in [-0.1, -0.05) is 19.1 Å². The standard InChI is InChI=1S/C26H29N3OS/c1-3-31-20-6-4-5-19(14-20)21-7-8-23(30-16-18-9-11-27-12-10-18)25-24(21)22-13-17(2)15-28-26(22)29-25/h4-8,13-15,18,27H,3,9-12,16H2,1-2H3,(H,28,29). The Balaban J connectivity index is 1.62. The Kier molecular flexibility index (Phi) is 5.88. The van der Waals surface area contributed by atoms with Crippen LogP contribution in [0.3, 0.4) is 0 Å². The van der Waals surface area contributed by atoms with Crippen molar-refractivity contribution in [3.63, 3.8) is 0 Å². The number of pyridine rings is 1. The number of nitrogens with one attached hydrogen (secondary N) is 2. The molecule has 2 aromatic heterocycles. The van der Waals surface area contributed by atoms with E-state index in [1.165, 1.54) is 34.3 Å². The summed E-state index contributed by atoms with van der Waals surface area (Å²) < 4.78 is 6.38. The van der Waals surface area contributed by atoms with E-state index in [2.05, 4.69) is 71.6 Å². The molecule has 0 saturated carbocycles. The lowest BCUT2D eigenvalue weighted by atomic mass is 9.98. The van der Waals surface area contributed by atoms with Gasteiger partial charge in [0.15, 0.2) is 0 Å². The second-order valence-electron chi connectivity index (χ2n) is 8.36. The SMILES string of the molecule is CCSc1cccc(-c2ccc(OCC3CCNCC3)c3[nH]c4ncc(C)cc4c23)c1. The first-order chi connectivity index (χ1) is 15.2. The van der Waals surface area contributed by atoms with Crippen LogP contribution in [-0.2, 0) is 0 Å². The first-order valence-corrected chi connectivity index (χ1v) is 12.2. The molecular weight excluding hydrogens is 402 g/mol. The molecule has 5 heteroatoms. The Bertz CT molecular complexity index is 1210. The zero-order chi connectivity index (χ0) is 21.2. The molecular formula is C26H29N3OS. The third-order valence-corrected chi connectivity index (χ3v) is 6.97. The van der Waals surface area contributed by atoms with Gasteiger partial charge in [-0.15, -0.1) is 11.8 Å². The highest BCUT2D eigenvalue weighted by molar-refractivity contribution is 7.99. The Hall–Kier alpha value is -2.50. The van der Waals surface area contributed by atoms with E-state index in [1.807, 2.05) is 18.0 Å². The lowest BCUT2D eigenvalue weighted by Gasteiger charge is -2.23. The van der Waals surface area contributed by atoms with E-state index in [1.54, 1.807) is 0 Å². The molecule has 160 valence electrons. The fourth-order valence-electron chi connectivity index (χ4n) is 4.50. The Morgan fingerprint density at radius 3 is 2.84 bits per heavy atom. The Morgan fingerprint density at radius 1 is 1.13 bits per heavy atom. The van der Waals surface area contributed by atoms with Crippen molar-refractivity contribution >= 4 is 33.7 Å². The minimum Gasteiger partial charge on any atom is -0.491 e. The molecule has 1 fully saturated rings. The van der Waals surface area contributed by atoms with Crippen LogP contribution in [0.25, 0.3) is 33.1 Å². The molecule has 5 rings (SSSR count). The van der Waals surface area contributed by atoms with Crippen LogP contribution in [0, 0.1) is 12.8 Å². The zero-order valence-electron chi connectivity index (χ0n) is 18.2. The number of hydrogen-bond acceptors (Lipinski definition) is 4. The fraction of sp³-hybridized carbons (Fsp3) is 0.346. The van der Waals surface area contributed by atoms with E-state index in [0.717, 1.165) is 53.3 Å². The van der Waals surface area contributed by atoms with Crippen LogP contribution in [-0.4, -0.2) is 35.4 Å². The average molecular weight is 432 g/mol. The van der Waals surface area contributed by atoms with Crippen LogP contribution < -0.4 is 10.1 Å². The van der Waals surface area contributed by atoms with Crippen molar-refractivity contribution in [2.45, 2.75) is 31.6 Å². The number of aromatic nitrogens is 2. The molecule has 1 saturated heterocycles. The second kappa shape index (κ2) is 8.93. The van der Waals surface area contributed by atoms with Crippen molar-refractivity contribution in [1.82, 2.24) is 15.3 Å². The molecule has 2 aromatic carbocycles. The van der Waals surface area contributed by atoms with E-state index in [4.69, 9.17) is 4.74 Å². The van der Waals surface area contributed by atoms with Crippen LogP contribution in [0.15, 0.2) is 53.6 Å². The smallest absolute Gasteiger partial charge is 0.143 e. The average Bonchev–Trinajstić information content (AvgIpc) is 3.18. The van der Waals surface area contributed by atoms with Gasteiger partial charge in [-0.2, -0.15) is 0 Å². The summed E-state index contributed by atoms with van der Waals surface area (Å²) in [6.45, 7) is 7.23. The monoisotopic (exact) mass is 431 g/mol. The molecule has 0 atom stereocenters. The number of thioether (sulfide) groups is 1. The van der Waals surface area contributed by atoms with Crippen LogP contribution >= 0.6 is 11.8 Å². The highest BCUT2D eigenvalue weighted by Gasteiger charge is 2.18. The fourth-order valence-corrected chi connectivity index (χ4v) is 5.22. The van der Waals surface area contributed by atoms with E-state index in [9.17, 15) is 0 Å². The molecule has 1 aliphatic rings. The van der Waals surface area contributed by atoms with E-state index in [-0.39, 0.29) is 0 Å². The Morgan fingerprint density at radius 2 is 2.00 bits per heavy atom. The van der Waals surface area contributed by atoms with Gasteiger partial charge >= 0.3 is 0 Å². The van der Waals surface area contributed by atoms with Crippen molar-refractivity contribution in [1.29, 1.82) is 0 Å². The van der Waals surface area contributed by atoms with Gasteiger partial charge in [0, 0.05) is 21.9 Å². The second-order valence-corrected chi connectivity index (χ2v) is 9.70. The maximum Gasteiger partial charge on any atom is 0.143 e. The first kappa shape index (κ1) is 20.4. The molecule has 0 amide bonds. The van der Waals surface area contributed by atoms with E-state index < -0.39 is 0 Å². The van der Waals surface area contributed by atoms with Crippen molar-refractivity contribution in [3.8, 4) is 16.9 Å². The van der Waals surface area contributed by atoms with Crippen molar-refractivity contribution in [3.05, 3.63) is 54.2 Å². The minimum absolute atomic E-state index is 0.614. The predicted octanol–water partition coefficient (Wildman–Crippen LogP) is 6.18. The number of piperidine rings is 1. The number of fused-ring (bicyclic) bond motifs is 3. The molecule has 3 heterocycles. The number of ether oxygens (including phenoxy) is 1. The molecule has 0 radical (unpaired) electrons. The van der Waals surface area contributed by atoms with Gasteiger partial charge in [0.05, 0.1) is 12.1 Å². The summed E-state index contributed by atoms with van der Waals surface area (Å²) in [6, 6.07) is 15.4. The predicted molar refractivity (Wildman–Crippen MR) is 131 cm³/mol. The summed E-state index contributed by atoms with van der Waals surface area (Å²) >= 11 is 1.87. The number of hydrogen-bond donors (Lipinski definition) is 2. The summed E-state index contributed by atoms with van der Waals surface area (Å²) in [7, 11) is 0. The number of nitrogens with zero attached hydrogens (tertiary/aromatic N) is 1. The van der Waals surface area contributed by atoms with Crippen molar-refractivity contribution < 1.29 is 4.74 Å². The number of rotatable bonds is 6. The highest BCUT2D eigenvalue weighted by Crippen LogP contribution is 2.40. The summed E-state index contributed by atoms with van der Waals surface area (Å²) in [5, 5.41) is 5.79. The van der Waals surface area contributed by atoms with Crippen LogP contribution in [0.4, 0.5) is 0 Å². The molecule has 2 N–H and O–H groups in total. The Labute approximate surface area is 187 Å². The van der Waals surface area contributed by atoms with E-state index in [0.29, 0.717) is 5.92 Å². The van der Waals surface area contributed by atoms with Crippen LogP contribution in [0.5, 0.6) is 5.75 Å². The quantitative estimate of drug-likeness (QED) is 0.358. The summed E-state index contributed by atoms with van der Waals surface area (Å²) in [4.78, 5) is 9.52. The third-order valence-electron chi connectivity index (χ3n) is 6.09. The molecule has 4 nitrogen and oxygen atoms in total. The van der Waals surface area contributed by atoms with Gasteiger partial charge in [-0.25, -0.2) is 4.98 Å². The molecule has 0 unspecified atom stereocenters. The lowest BCUT2D eigenvalue weighted by Crippen LogP contribution is -2.30. The maximum absolute atomic E-state index is 6.38. The van der Waals surface area contributed by atoms with Gasteiger partial charge in [-0.05, 0) is 91.5 Å². The van der Waals surface area contributed by atoms with Gasteiger partial charge in [0.2, 0.25) is 0 Å². The zero-order valence-corrected chi connectivity index (χ0v) is 19.0. The highest BCUT2D eigenvalue weighted by atomic mass is 32.2. The van der Waals surface area contributed by atoms with Gasteiger partial charge < -0.3 is 15.0 Å². The summed E-state index contributed by atoms with van der Waals surface area (Å²) in [6.07, 6.45) is 4.28. The summed E-state index contributed by atoms with van der Waals surface area (Å²) in [5.41, 5.74) is 5.58. The van der Waals surface area contributed by atoms with Crippen molar-refractivity contribution in [2.24, 2.45) is 5.92 Å². The number of aryl methyl sites for hydroxylation is 1. The topological polar surface area (TPSA) is 49.9 Å². The van der Waals surface area contributed by atoms with Gasteiger partial charge in [0.25, 0.3) is 0 Å². The molecule has 0 spiro atoms. The van der Waals surface area contributed by atoms with Crippen LogP contribution in [0.1, 0.15) is 25.3 Å².